The van der Waals surface area contributed by atoms with Gasteiger partial charge < -0.3 is 5.11 Å². The predicted molar refractivity (Wildman–Crippen MR) is 87.4 cm³/mol. The summed E-state index contributed by atoms with van der Waals surface area (Å²) in [5.74, 6) is -0.680. The number of carbonyl (C=O) groups is 1. The number of aliphatic carboxylic acids is 1. The minimum atomic E-state index is -0.680. The normalized spacial score (nSPS) is 11.3. The lowest BCUT2D eigenvalue weighted by atomic mass is 10.1. The van der Waals surface area contributed by atoms with E-state index in [1.807, 2.05) is 0 Å². The molecule has 0 rings (SSSR count). The van der Waals surface area contributed by atoms with Crippen molar-refractivity contribution in [2.24, 2.45) is 0 Å². The van der Waals surface area contributed by atoms with Crippen LogP contribution in [0.5, 0.6) is 0 Å². The number of rotatable bonds is 16. The molecule has 0 aliphatic rings. The van der Waals surface area contributed by atoms with Gasteiger partial charge in [-0.1, -0.05) is 57.1 Å². The molecule has 0 aromatic rings. The number of carboxylic acid groups (broad SMARTS) is 1. The maximum Gasteiger partial charge on any atom is 0.303 e. The van der Waals surface area contributed by atoms with Gasteiger partial charge in [-0.2, -0.15) is 0 Å². The fourth-order valence-corrected chi connectivity index (χ4v) is 2.37. The summed E-state index contributed by atoms with van der Waals surface area (Å²) in [5.41, 5.74) is 0. The molecule has 3 heteroatoms. The lowest BCUT2D eigenvalue weighted by Crippen LogP contribution is -1.93. The molecule has 0 radical (unpaired) electrons. The zero-order chi connectivity index (χ0) is 15.6. The molecule has 124 valence electrons. The number of halogens is 1. The van der Waals surface area contributed by atoms with E-state index in [1.54, 1.807) is 0 Å². The lowest BCUT2D eigenvalue weighted by Gasteiger charge is -1.99. The highest BCUT2D eigenvalue weighted by atomic mass is 19.1. The van der Waals surface area contributed by atoms with Crippen LogP contribution in [-0.4, -0.2) is 17.8 Å². The van der Waals surface area contributed by atoms with Gasteiger partial charge in [-0.25, -0.2) is 0 Å². The zero-order valence-electron chi connectivity index (χ0n) is 13.5. The number of allylic oxidation sites excluding steroid dienone is 2. The van der Waals surface area contributed by atoms with Gasteiger partial charge in [0.2, 0.25) is 0 Å². The van der Waals surface area contributed by atoms with E-state index in [1.165, 1.54) is 44.9 Å². The van der Waals surface area contributed by atoms with E-state index in [0.717, 1.165) is 38.5 Å². The van der Waals surface area contributed by atoms with E-state index in [-0.39, 0.29) is 6.67 Å². The van der Waals surface area contributed by atoms with Crippen molar-refractivity contribution in [3.63, 3.8) is 0 Å². The Morgan fingerprint density at radius 1 is 0.714 bits per heavy atom. The van der Waals surface area contributed by atoms with Crippen molar-refractivity contribution < 1.29 is 14.3 Å². The second kappa shape index (κ2) is 17.2. The van der Waals surface area contributed by atoms with Crippen LogP contribution in [0.25, 0.3) is 0 Å². The fourth-order valence-electron chi connectivity index (χ4n) is 2.37. The van der Waals surface area contributed by atoms with Crippen LogP contribution in [0.2, 0.25) is 0 Å². The molecule has 0 amide bonds. The summed E-state index contributed by atoms with van der Waals surface area (Å²) in [4.78, 5) is 10.3. The molecule has 1 N–H and O–H groups in total. The Hall–Kier alpha value is -0.860. The van der Waals surface area contributed by atoms with Crippen molar-refractivity contribution in [1.29, 1.82) is 0 Å². The van der Waals surface area contributed by atoms with Crippen molar-refractivity contribution in [2.45, 2.75) is 89.9 Å². The summed E-state index contributed by atoms with van der Waals surface area (Å²) >= 11 is 0. The molecule has 0 aromatic heterocycles. The smallest absolute Gasteiger partial charge is 0.303 e. The first-order valence-corrected chi connectivity index (χ1v) is 8.70. The third-order valence-electron chi connectivity index (χ3n) is 3.68. The highest BCUT2D eigenvalue weighted by Gasteiger charge is 1.95. The molecular weight excluding hydrogens is 267 g/mol. The van der Waals surface area contributed by atoms with Crippen molar-refractivity contribution in [1.82, 2.24) is 0 Å². The average molecular weight is 300 g/mol. The lowest BCUT2D eigenvalue weighted by molar-refractivity contribution is -0.137. The van der Waals surface area contributed by atoms with Crippen LogP contribution in [-0.2, 0) is 4.79 Å². The predicted octanol–water partition coefficient (Wildman–Crippen LogP) is 6.06. The molecule has 0 aliphatic carbocycles. The van der Waals surface area contributed by atoms with Crippen LogP contribution in [0.1, 0.15) is 89.9 Å². The van der Waals surface area contributed by atoms with Crippen molar-refractivity contribution in [2.75, 3.05) is 6.67 Å². The minimum absolute atomic E-state index is 0.164. The van der Waals surface area contributed by atoms with Gasteiger partial charge in [0.15, 0.2) is 0 Å². The third kappa shape index (κ3) is 19.1. The number of hydrogen-bond acceptors (Lipinski definition) is 1. The van der Waals surface area contributed by atoms with Gasteiger partial charge in [0, 0.05) is 6.42 Å². The molecule has 0 unspecified atom stereocenters. The van der Waals surface area contributed by atoms with E-state index in [2.05, 4.69) is 12.2 Å². The molecule has 0 spiro atoms. The van der Waals surface area contributed by atoms with Gasteiger partial charge >= 0.3 is 5.97 Å². The molecule has 0 aromatic carbocycles. The molecule has 0 saturated carbocycles. The van der Waals surface area contributed by atoms with E-state index >= 15 is 0 Å². The van der Waals surface area contributed by atoms with Gasteiger partial charge in [-0.15, -0.1) is 0 Å². The highest BCUT2D eigenvalue weighted by molar-refractivity contribution is 5.66. The maximum atomic E-state index is 11.9. The molecule has 21 heavy (non-hydrogen) atoms. The standard InChI is InChI=1S/C18H33FO2/c19-17-15-13-11-9-7-5-3-1-2-4-6-8-10-12-14-16-18(20)21/h1-2H,3-17H2,(H,20,21). The Labute approximate surface area is 129 Å². The van der Waals surface area contributed by atoms with Crippen LogP contribution >= 0.6 is 0 Å². The minimum Gasteiger partial charge on any atom is -0.481 e. The number of unbranched alkanes of at least 4 members (excludes halogenated alkanes) is 11. The van der Waals surface area contributed by atoms with E-state index in [0.29, 0.717) is 6.42 Å². The molecule has 0 fully saturated rings. The van der Waals surface area contributed by atoms with Crippen LogP contribution in [0.15, 0.2) is 12.2 Å². The molecule has 0 bridgehead atoms. The monoisotopic (exact) mass is 300 g/mol. The zero-order valence-corrected chi connectivity index (χ0v) is 13.5. The largest absolute Gasteiger partial charge is 0.481 e. The van der Waals surface area contributed by atoms with Gasteiger partial charge in [0.25, 0.3) is 0 Å². The first kappa shape index (κ1) is 20.1. The number of carboxylic acids is 1. The Bertz CT molecular complexity index is 252. The van der Waals surface area contributed by atoms with Crippen LogP contribution in [0.3, 0.4) is 0 Å². The number of hydrogen-bond donors (Lipinski definition) is 1. The molecule has 0 atom stereocenters. The van der Waals surface area contributed by atoms with Gasteiger partial charge in [0.05, 0.1) is 6.67 Å². The van der Waals surface area contributed by atoms with E-state index < -0.39 is 5.97 Å². The SMILES string of the molecule is O=C(O)CCCCCCCC=CCCCCCCCCF. The Morgan fingerprint density at radius 2 is 1.14 bits per heavy atom. The highest BCUT2D eigenvalue weighted by Crippen LogP contribution is 2.10. The van der Waals surface area contributed by atoms with E-state index in [4.69, 9.17) is 5.11 Å². The van der Waals surface area contributed by atoms with Crippen LogP contribution in [0, 0.1) is 0 Å². The van der Waals surface area contributed by atoms with Crippen molar-refractivity contribution >= 4 is 5.97 Å². The fraction of sp³-hybridized carbons (Fsp3) is 0.833. The summed E-state index contributed by atoms with van der Waals surface area (Å²) < 4.78 is 11.9. The Balaban J connectivity index is 3.07. The summed E-state index contributed by atoms with van der Waals surface area (Å²) in [6, 6.07) is 0. The van der Waals surface area contributed by atoms with Gasteiger partial charge in [-0.3, -0.25) is 9.18 Å². The van der Waals surface area contributed by atoms with Gasteiger partial charge in [-0.05, 0) is 38.5 Å². The maximum absolute atomic E-state index is 11.9. The quantitative estimate of drug-likeness (QED) is 0.278. The third-order valence-corrected chi connectivity index (χ3v) is 3.68. The molecule has 0 aliphatic heterocycles. The van der Waals surface area contributed by atoms with Crippen LogP contribution in [0.4, 0.5) is 4.39 Å². The molecule has 2 nitrogen and oxygen atoms in total. The second-order valence-corrected chi connectivity index (χ2v) is 5.77. The van der Waals surface area contributed by atoms with Crippen molar-refractivity contribution in [3.05, 3.63) is 12.2 Å². The Kier molecular flexibility index (Phi) is 16.5. The molecule has 0 saturated heterocycles. The number of alkyl halides is 1. The van der Waals surface area contributed by atoms with E-state index in [9.17, 15) is 9.18 Å². The topological polar surface area (TPSA) is 37.3 Å². The average Bonchev–Trinajstić information content (AvgIpc) is 2.46. The van der Waals surface area contributed by atoms with Gasteiger partial charge in [0.1, 0.15) is 0 Å². The van der Waals surface area contributed by atoms with Crippen LogP contribution < -0.4 is 0 Å². The summed E-state index contributed by atoms with van der Waals surface area (Å²) in [5, 5.41) is 8.50. The first-order valence-electron chi connectivity index (χ1n) is 8.70. The molecule has 0 heterocycles. The summed E-state index contributed by atoms with van der Waals surface area (Å²) in [6.07, 6.45) is 19.3. The van der Waals surface area contributed by atoms with Crippen molar-refractivity contribution in [3.8, 4) is 0 Å². The second-order valence-electron chi connectivity index (χ2n) is 5.77. The summed E-state index contributed by atoms with van der Waals surface area (Å²) in [6.45, 7) is -0.164. The molecular formula is C18H33FO2. The Morgan fingerprint density at radius 3 is 1.62 bits per heavy atom. The first-order chi connectivity index (χ1) is 10.3. The summed E-state index contributed by atoms with van der Waals surface area (Å²) in [7, 11) is 0.